The predicted molar refractivity (Wildman–Crippen MR) is 82.0 cm³/mol. The van der Waals surface area contributed by atoms with Gasteiger partial charge in [-0.15, -0.1) is 0 Å². The van der Waals surface area contributed by atoms with E-state index < -0.39 is 0 Å². The van der Waals surface area contributed by atoms with E-state index in [-0.39, 0.29) is 5.92 Å². The van der Waals surface area contributed by atoms with Gasteiger partial charge in [-0.25, -0.2) is 0 Å². The third-order valence-corrected chi connectivity index (χ3v) is 4.35. The van der Waals surface area contributed by atoms with Crippen LogP contribution in [-0.4, -0.2) is 5.78 Å². The Morgan fingerprint density at radius 1 is 0.900 bits per heavy atom. The Morgan fingerprint density at radius 2 is 1.60 bits per heavy atom. The average Bonchev–Trinajstić information content (AvgIpc) is 2.49. The summed E-state index contributed by atoms with van der Waals surface area (Å²) >= 11 is 0. The van der Waals surface area contributed by atoms with Gasteiger partial charge in [0, 0.05) is 12.3 Å². The highest BCUT2D eigenvalue weighted by molar-refractivity contribution is 5.87. The Morgan fingerprint density at radius 3 is 2.30 bits per heavy atom. The van der Waals surface area contributed by atoms with Crippen molar-refractivity contribution in [3.63, 3.8) is 0 Å². The van der Waals surface area contributed by atoms with E-state index in [1.54, 1.807) is 0 Å². The Hall–Kier alpha value is -1.89. The topological polar surface area (TPSA) is 17.1 Å². The van der Waals surface area contributed by atoms with Crippen molar-refractivity contribution in [1.82, 2.24) is 0 Å². The van der Waals surface area contributed by atoms with Crippen LogP contribution in [0.15, 0.2) is 54.6 Å². The van der Waals surface area contributed by atoms with Crippen LogP contribution in [0.3, 0.4) is 0 Å². The number of hydrogen-bond donors (Lipinski definition) is 0. The second kappa shape index (κ2) is 5.62. The van der Waals surface area contributed by atoms with Crippen LogP contribution in [0.2, 0.25) is 0 Å². The van der Waals surface area contributed by atoms with Gasteiger partial charge in [0.05, 0.1) is 0 Å². The molecule has 1 aliphatic carbocycles. The highest BCUT2D eigenvalue weighted by Gasteiger charge is 2.33. The van der Waals surface area contributed by atoms with Crippen molar-refractivity contribution >= 4 is 5.78 Å². The van der Waals surface area contributed by atoms with Gasteiger partial charge in [0.25, 0.3) is 0 Å². The lowest BCUT2D eigenvalue weighted by Crippen LogP contribution is -2.25. The zero-order valence-corrected chi connectivity index (χ0v) is 11.9. The molecule has 1 fully saturated rings. The third kappa shape index (κ3) is 2.53. The van der Waals surface area contributed by atoms with Crippen molar-refractivity contribution in [2.75, 3.05) is 0 Å². The number of rotatable bonds is 2. The number of ketones is 1. The standard InChI is InChI=1S/C19H20O/c1-14-10-12-15(13-11-14)17-8-5-9-18(20)19(17)16-6-3-2-4-7-16/h2-4,6-7,10-13,17,19H,5,8-9H2,1H3. The maximum Gasteiger partial charge on any atom is 0.140 e. The van der Waals surface area contributed by atoms with Gasteiger partial charge >= 0.3 is 0 Å². The minimum absolute atomic E-state index is 0.0349. The maximum atomic E-state index is 12.4. The Balaban J connectivity index is 1.98. The molecule has 2 atom stereocenters. The van der Waals surface area contributed by atoms with Gasteiger partial charge in [-0.3, -0.25) is 4.79 Å². The monoisotopic (exact) mass is 264 g/mol. The molecular formula is C19H20O. The lowest BCUT2D eigenvalue weighted by molar-refractivity contribution is -0.122. The first-order chi connectivity index (χ1) is 9.75. The smallest absolute Gasteiger partial charge is 0.140 e. The number of hydrogen-bond acceptors (Lipinski definition) is 1. The molecule has 3 rings (SSSR count). The number of benzene rings is 2. The summed E-state index contributed by atoms with van der Waals surface area (Å²) in [6.07, 6.45) is 2.84. The Labute approximate surface area is 120 Å². The molecule has 0 spiro atoms. The van der Waals surface area contributed by atoms with Crippen molar-refractivity contribution in [3.8, 4) is 0 Å². The third-order valence-electron chi connectivity index (χ3n) is 4.35. The first kappa shape index (κ1) is 13.1. The first-order valence-electron chi connectivity index (χ1n) is 7.40. The highest BCUT2D eigenvalue weighted by Crippen LogP contribution is 2.41. The Bertz CT molecular complexity index is 583. The van der Waals surface area contributed by atoms with Gasteiger partial charge in [-0.05, 0) is 36.8 Å². The molecule has 0 amide bonds. The zero-order chi connectivity index (χ0) is 13.9. The summed E-state index contributed by atoms with van der Waals surface area (Å²) in [5.74, 6) is 0.764. The molecular weight excluding hydrogens is 244 g/mol. The zero-order valence-electron chi connectivity index (χ0n) is 11.9. The van der Waals surface area contributed by atoms with Gasteiger partial charge in [0.1, 0.15) is 5.78 Å². The highest BCUT2D eigenvalue weighted by atomic mass is 16.1. The average molecular weight is 264 g/mol. The normalized spacial score (nSPS) is 22.8. The minimum Gasteiger partial charge on any atom is -0.299 e. The molecule has 0 aromatic heterocycles. The molecule has 2 unspecified atom stereocenters. The Kier molecular flexibility index (Phi) is 3.68. The molecule has 1 nitrogen and oxygen atoms in total. The van der Waals surface area contributed by atoms with Crippen molar-refractivity contribution in [3.05, 3.63) is 71.3 Å². The van der Waals surface area contributed by atoms with E-state index in [0.29, 0.717) is 11.7 Å². The van der Waals surface area contributed by atoms with Crippen LogP contribution in [0.25, 0.3) is 0 Å². The maximum absolute atomic E-state index is 12.4. The molecule has 102 valence electrons. The second-order valence-electron chi connectivity index (χ2n) is 5.76. The van der Waals surface area contributed by atoms with E-state index in [1.807, 2.05) is 18.2 Å². The molecule has 2 aromatic rings. The molecule has 0 bridgehead atoms. The fraction of sp³-hybridized carbons (Fsp3) is 0.316. The molecule has 0 N–H and O–H groups in total. The van der Waals surface area contributed by atoms with Crippen LogP contribution < -0.4 is 0 Å². The van der Waals surface area contributed by atoms with Crippen molar-refractivity contribution in [2.45, 2.75) is 38.0 Å². The van der Waals surface area contributed by atoms with Crippen LogP contribution in [-0.2, 0) is 4.79 Å². The van der Waals surface area contributed by atoms with Crippen LogP contribution >= 0.6 is 0 Å². The minimum atomic E-state index is 0.0349. The van der Waals surface area contributed by atoms with Crippen molar-refractivity contribution in [2.24, 2.45) is 0 Å². The fourth-order valence-corrected chi connectivity index (χ4v) is 3.29. The number of carbonyl (C=O) groups excluding carboxylic acids is 1. The van der Waals surface area contributed by atoms with Crippen LogP contribution in [0.5, 0.6) is 0 Å². The molecule has 1 heteroatoms. The fourth-order valence-electron chi connectivity index (χ4n) is 3.29. The molecule has 0 heterocycles. The van der Waals surface area contributed by atoms with Crippen LogP contribution in [0.1, 0.15) is 47.8 Å². The number of Topliss-reactive ketones (excluding diaryl/α,β-unsaturated/α-hetero) is 1. The van der Waals surface area contributed by atoms with Gasteiger partial charge in [0.15, 0.2) is 0 Å². The number of aryl methyl sites for hydroxylation is 1. The SMILES string of the molecule is Cc1ccc(C2CCCC(=O)C2c2ccccc2)cc1. The molecule has 1 aliphatic rings. The van der Waals surface area contributed by atoms with E-state index in [4.69, 9.17) is 0 Å². The van der Waals surface area contributed by atoms with Crippen LogP contribution in [0.4, 0.5) is 0 Å². The molecule has 20 heavy (non-hydrogen) atoms. The summed E-state index contributed by atoms with van der Waals surface area (Å²) in [5.41, 5.74) is 3.74. The molecule has 0 aliphatic heterocycles. The van der Waals surface area contributed by atoms with Crippen molar-refractivity contribution in [1.29, 1.82) is 0 Å². The van der Waals surface area contributed by atoms with Gasteiger partial charge in [-0.2, -0.15) is 0 Å². The summed E-state index contributed by atoms with van der Waals surface area (Å²) in [4.78, 5) is 12.4. The van der Waals surface area contributed by atoms with Gasteiger partial charge in [-0.1, -0.05) is 60.2 Å². The lowest BCUT2D eigenvalue weighted by Gasteiger charge is -2.31. The van der Waals surface area contributed by atoms with E-state index in [1.165, 1.54) is 16.7 Å². The van der Waals surface area contributed by atoms with E-state index in [0.717, 1.165) is 19.3 Å². The molecule has 2 aromatic carbocycles. The lowest BCUT2D eigenvalue weighted by atomic mass is 9.71. The van der Waals surface area contributed by atoms with Gasteiger partial charge in [0.2, 0.25) is 0 Å². The quantitative estimate of drug-likeness (QED) is 0.773. The summed E-state index contributed by atoms with van der Waals surface area (Å²) < 4.78 is 0. The summed E-state index contributed by atoms with van der Waals surface area (Å²) in [7, 11) is 0. The summed E-state index contributed by atoms with van der Waals surface area (Å²) in [5, 5.41) is 0. The van der Waals surface area contributed by atoms with Crippen molar-refractivity contribution < 1.29 is 4.79 Å². The van der Waals surface area contributed by atoms with Gasteiger partial charge < -0.3 is 0 Å². The summed E-state index contributed by atoms with van der Waals surface area (Å²) in [6, 6.07) is 18.9. The summed E-state index contributed by atoms with van der Waals surface area (Å²) in [6.45, 7) is 2.10. The molecule has 1 saturated carbocycles. The van der Waals surface area contributed by atoms with E-state index >= 15 is 0 Å². The molecule has 0 saturated heterocycles. The van der Waals surface area contributed by atoms with E-state index in [2.05, 4.69) is 43.3 Å². The first-order valence-corrected chi connectivity index (χ1v) is 7.40. The molecule has 0 radical (unpaired) electrons. The number of carbonyl (C=O) groups is 1. The van der Waals surface area contributed by atoms with Crippen LogP contribution in [0, 0.1) is 6.92 Å². The second-order valence-corrected chi connectivity index (χ2v) is 5.76. The predicted octanol–water partition coefficient (Wildman–Crippen LogP) is 4.62. The largest absolute Gasteiger partial charge is 0.299 e. The van der Waals surface area contributed by atoms with E-state index in [9.17, 15) is 4.79 Å².